The van der Waals surface area contributed by atoms with Gasteiger partial charge in [-0.2, -0.15) is 0 Å². The summed E-state index contributed by atoms with van der Waals surface area (Å²) in [7, 11) is 0. The molecule has 13 heteroatoms. The maximum Gasteiger partial charge on any atom is 0.278 e. The highest BCUT2D eigenvalue weighted by Crippen LogP contribution is 2.31. The molecule has 0 unspecified atom stereocenters. The lowest BCUT2D eigenvalue weighted by Crippen LogP contribution is -2.43. The summed E-state index contributed by atoms with van der Waals surface area (Å²) < 4.78 is 49.9. The van der Waals surface area contributed by atoms with Gasteiger partial charge in [0, 0.05) is 43.3 Å². The van der Waals surface area contributed by atoms with Gasteiger partial charge in [0.25, 0.3) is 5.56 Å². The predicted molar refractivity (Wildman–Crippen MR) is 146 cm³/mol. The van der Waals surface area contributed by atoms with Crippen LogP contribution in [0.15, 0.2) is 41.6 Å². The van der Waals surface area contributed by atoms with Crippen molar-refractivity contribution in [3.05, 3.63) is 86.6 Å². The molecule has 0 saturated carbocycles. The van der Waals surface area contributed by atoms with Crippen molar-refractivity contribution in [2.45, 2.75) is 45.8 Å². The number of hydrogen-bond acceptors (Lipinski definition) is 8. The number of ether oxygens (including phenoxy) is 1. The molecule has 0 bridgehead atoms. The molecule has 0 amide bonds. The van der Waals surface area contributed by atoms with Gasteiger partial charge in [0.05, 0.1) is 23.2 Å². The zero-order valence-electron chi connectivity index (χ0n) is 22.5. The number of hydrogen-bond donors (Lipinski definition) is 1. The fraction of sp³-hybridized carbons (Fsp3) is 0.321. The number of nitrogens with zero attached hydrogens (tertiary/aromatic N) is 6. The average molecular weight is 587 g/mol. The molecule has 1 N–H and O–H groups in total. The number of rotatable bonds is 6. The fourth-order valence-electron chi connectivity index (χ4n) is 4.60. The van der Waals surface area contributed by atoms with Crippen LogP contribution in [0.25, 0.3) is 17.1 Å². The van der Waals surface area contributed by atoms with E-state index in [0.29, 0.717) is 43.5 Å². The third-order valence-corrected chi connectivity index (χ3v) is 7.31. The molecule has 0 aromatic carbocycles. The lowest BCUT2D eigenvalue weighted by atomic mass is 9.94. The van der Waals surface area contributed by atoms with Crippen LogP contribution in [0.1, 0.15) is 36.7 Å². The Bertz CT molecular complexity index is 1690. The quantitative estimate of drug-likeness (QED) is 0.346. The molecule has 1 saturated heterocycles. The molecule has 0 aliphatic carbocycles. The topological polar surface area (TPSA) is 106 Å². The minimum Gasteiger partial charge on any atom is -0.485 e. The van der Waals surface area contributed by atoms with Crippen LogP contribution >= 0.6 is 11.6 Å². The SMILES string of the molecule is Cc1cnc(-c2ccnc(N3CCC(C)(O)CC3)n2)c(F)c1-n1c(C)cc(OCc2ncc(F)cc2F)c(Cl)c1=O. The minimum absolute atomic E-state index is 0.0635. The van der Waals surface area contributed by atoms with Crippen LogP contribution in [-0.2, 0) is 6.61 Å². The molecule has 9 nitrogen and oxygen atoms in total. The van der Waals surface area contributed by atoms with Crippen LogP contribution in [0.5, 0.6) is 5.75 Å². The highest BCUT2D eigenvalue weighted by Gasteiger charge is 2.29. The largest absolute Gasteiger partial charge is 0.485 e. The Morgan fingerprint density at radius 2 is 1.83 bits per heavy atom. The zero-order chi connectivity index (χ0) is 29.5. The van der Waals surface area contributed by atoms with Gasteiger partial charge in [0.2, 0.25) is 5.95 Å². The molecule has 0 atom stereocenters. The zero-order valence-corrected chi connectivity index (χ0v) is 23.2. The Labute approximate surface area is 238 Å². The number of piperidine rings is 1. The lowest BCUT2D eigenvalue weighted by molar-refractivity contribution is 0.0349. The Kier molecular flexibility index (Phi) is 7.71. The lowest BCUT2D eigenvalue weighted by Gasteiger charge is -2.35. The van der Waals surface area contributed by atoms with E-state index >= 15 is 4.39 Å². The van der Waals surface area contributed by atoms with E-state index in [1.807, 2.05) is 4.90 Å². The Morgan fingerprint density at radius 3 is 2.54 bits per heavy atom. The van der Waals surface area contributed by atoms with Crippen LogP contribution in [0.2, 0.25) is 5.02 Å². The summed E-state index contributed by atoms with van der Waals surface area (Å²) in [6.07, 6.45) is 4.86. The standard InChI is InChI=1S/C28H26ClF3N6O3/c1-15-12-35-24(19-4-7-33-27(36-19)37-8-5-28(3,40)6-9-37)23(32)25(15)38-16(2)10-21(22(29)26(38)39)41-14-20-18(31)11-17(30)13-34-20/h4,7,10-13,40H,5-6,8-9,14H2,1-3H3. The van der Waals surface area contributed by atoms with Crippen LogP contribution < -0.4 is 15.2 Å². The maximum absolute atomic E-state index is 16.1. The first-order valence-corrected chi connectivity index (χ1v) is 13.1. The summed E-state index contributed by atoms with van der Waals surface area (Å²) >= 11 is 6.33. The van der Waals surface area contributed by atoms with Gasteiger partial charge in [0.15, 0.2) is 11.6 Å². The van der Waals surface area contributed by atoms with Gasteiger partial charge < -0.3 is 14.7 Å². The fourth-order valence-corrected chi connectivity index (χ4v) is 4.79. The molecule has 1 fully saturated rings. The predicted octanol–water partition coefficient (Wildman–Crippen LogP) is 4.70. The van der Waals surface area contributed by atoms with Crippen molar-refractivity contribution in [2.24, 2.45) is 0 Å². The van der Waals surface area contributed by atoms with Crippen LogP contribution in [-0.4, -0.2) is 48.3 Å². The third-order valence-electron chi connectivity index (χ3n) is 6.96. The van der Waals surface area contributed by atoms with Crippen molar-refractivity contribution >= 4 is 17.5 Å². The summed E-state index contributed by atoms with van der Waals surface area (Å²) in [5, 5.41) is 9.89. The number of anilines is 1. The van der Waals surface area contributed by atoms with Crippen molar-refractivity contribution in [3.63, 3.8) is 0 Å². The van der Waals surface area contributed by atoms with Gasteiger partial charge in [-0.05, 0) is 45.2 Å². The van der Waals surface area contributed by atoms with Crippen LogP contribution in [0, 0.1) is 31.3 Å². The summed E-state index contributed by atoms with van der Waals surface area (Å²) in [5.74, 6) is -2.22. The molecule has 214 valence electrons. The summed E-state index contributed by atoms with van der Waals surface area (Å²) in [4.78, 5) is 32.0. The maximum atomic E-state index is 16.1. The number of halogens is 4. The number of pyridine rings is 3. The molecule has 1 aliphatic rings. The molecule has 1 aliphatic heterocycles. The normalized spacial score (nSPS) is 14.8. The van der Waals surface area contributed by atoms with E-state index in [1.165, 1.54) is 24.5 Å². The van der Waals surface area contributed by atoms with E-state index in [-0.39, 0.29) is 39.2 Å². The highest BCUT2D eigenvalue weighted by atomic mass is 35.5. The molecule has 0 radical (unpaired) electrons. The third kappa shape index (κ3) is 5.75. The van der Waals surface area contributed by atoms with Crippen molar-refractivity contribution in [2.75, 3.05) is 18.0 Å². The van der Waals surface area contributed by atoms with E-state index in [2.05, 4.69) is 19.9 Å². The highest BCUT2D eigenvalue weighted by molar-refractivity contribution is 6.31. The molecule has 41 heavy (non-hydrogen) atoms. The van der Waals surface area contributed by atoms with E-state index in [1.54, 1.807) is 20.8 Å². The van der Waals surface area contributed by atoms with Crippen molar-refractivity contribution in [1.82, 2.24) is 24.5 Å². The summed E-state index contributed by atoms with van der Waals surface area (Å²) in [6.45, 7) is 5.62. The van der Waals surface area contributed by atoms with Gasteiger partial charge >= 0.3 is 0 Å². The van der Waals surface area contributed by atoms with Crippen molar-refractivity contribution in [1.29, 1.82) is 0 Å². The number of aromatic nitrogens is 5. The van der Waals surface area contributed by atoms with E-state index in [4.69, 9.17) is 16.3 Å². The number of aryl methyl sites for hydroxylation is 2. The monoisotopic (exact) mass is 586 g/mol. The van der Waals surface area contributed by atoms with Gasteiger partial charge in [0.1, 0.15) is 34.6 Å². The van der Waals surface area contributed by atoms with Gasteiger partial charge in [-0.15, -0.1) is 0 Å². The molecular formula is C28H26ClF3N6O3. The Hall–Kier alpha value is -4.03. The first-order chi connectivity index (χ1) is 19.4. The molecule has 4 aromatic rings. The van der Waals surface area contributed by atoms with Gasteiger partial charge in [-0.3, -0.25) is 19.3 Å². The number of aliphatic hydroxyl groups is 1. The second kappa shape index (κ2) is 11.1. The molecule has 5 heterocycles. The minimum atomic E-state index is -0.909. The van der Waals surface area contributed by atoms with Crippen LogP contribution in [0.4, 0.5) is 19.1 Å². The summed E-state index contributed by atoms with van der Waals surface area (Å²) in [5.41, 5.74) is -0.978. The molecule has 0 spiro atoms. The van der Waals surface area contributed by atoms with E-state index in [0.717, 1.165) is 10.8 Å². The second-order valence-corrected chi connectivity index (χ2v) is 10.5. The summed E-state index contributed by atoms with van der Waals surface area (Å²) in [6, 6.07) is 3.61. The Balaban J connectivity index is 1.49. The van der Waals surface area contributed by atoms with Gasteiger partial charge in [-0.1, -0.05) is 11.6 Å². The van der Waals surface area contributed by atoms with Crippen molar-refractivity contribution < 1.29 is 23.0 Å². The average Bonchev–Trinajstić information content (AvgIpc) is 2.92. The first-order valence-electron chi connectivity index (χ1n) is 12.8. The Morgan fingerprint density at radius 1 is 1.10 bits per heavy atom. The first kappa shape index (κ1) is 28.5. The molecule has 5 rings (SSSR count). The van der Waals surface area contributed by atoms with E-state index < -0.39 is 35.2 Å². The molecular weight excluding hydrogens is 561 g/mol. The molecule has 4 aromatic heterocycles. The van der Waals surface area contributed by atoms with Crippen LogP contribution in [0.3, 0.4) is 0 Å². The van der Waals surface area contributed by atoms with Crippen molar-refractivity contribution in [3.8, 4) is 22.8 Å². The van der Waals surface area contributed by atoms with E-state index in [9.17, 15) is 18.7 Å². The smallest absolute Gasteiger partial charge is 0.278 e. The second-order valence-electron chi connectivity index (χ2n) is 10.2. The van der Waals surface area contributed by atoms with Gasteiger partial charge in [-0.25, -0.2) is 23.1 Å².